The zero-order chi connectivity index (χ0) is 45.4. The van der Waals surface area contributed by atoms with Crippen molar-refractivity contribution in [2.75, 3.05) is 26.4 Å². The Bertz CT molecular complexity index is 1310. The summed E-state index contributed by atoms with van der Waals surface area (Å²) in [4.78, 5) is 12.9. The van der Waals surface area contributed by atoms with Gasteiger partial charge in [0.25, 0.3) is 0 Å². The summed E-state index contributed by atoms with van der Waals surface area (Å²) in [5.41, 5.74) is 0. The van der Waals surface area contributed by atoms with E-state index in [0.29, 0.717) is 19.4 Å². The highest BCUT2D eigenvalue weighted by atomic mass is 32.3. The lowest BCUT2D eigenvalue weighted by molar-refractivity contribution is -0.301. The highest BCUT2D eigenvalue weighted by Crippen LogP contribution is 2.26. The number of carbonyl (C=O) groups is 1. The van der Waals surface area contributed by atoms with E-state index in [0.717, 1.165) is 51.4 Å². The predicted octanol–water partition coefficient (Wildman–Crippen LogP) is 10.5. The van der Waals surface area contributed by atoms with Crippen LogP contribution in [-0.2, 0) is 38.3 Å². The normalized spacial score (nSPS) is 20.5. The molecule has 0 aromatic carbocycles. The lowest BCUT2D eigenvalue weighted by Crippen LogP contribution is -2.60. The average molecular weight is 899 g/mol. The molecule has 0 bridgehead atoms. The smallest absolute Gasteiger partial charge is 0.397 e. The first-order valence-electron chi connectivity index (χ1n) is 24.0. The Hall–Kier alpha value is -2.20. The summed E-state index contributed by atoms with van der Waals surface area (Å²) in [5.74, 6) is -0.423. The molecule has 4 N–H and O–H groups in total. The van der Waals surface area contributed by atoms with E-state index in [1.165, 1.54) is 96.3 Å². The molecule has 6 atom stereocenters. The third-order valence-corrected chi connectivity index (χ3v) is 11.1. The van der Waals surface area contributed by atoms with Gasteiger partial charge in [0.1, 0.15) is 30.5 Å². The van der Waals surface area contributed by atoms with Crippen LogP contribution in [0.25, 0.3) is 0 Å². The lowest BCUT2D eigenvalue weighted by Gasteiger charge is -2.41. The van der Waals surface area contributed by atoms with Crippen molar-refractivity contribution in [3.8, 4) is 0 Å². The van der Waals surface area contributed by atoms with Crippen molar-refractivity contribution in [1.82, 2.24) is 0 Å². The van der Waals surface area contributed by atoms with Crippen LogP contribution in [-0.4, -0.2) is 97.5 Å². The van der Waals surface area contributed by atoms with Crippen LogP contribution in [0.1, 0.15) is 181 Å². The zero-order valence-corrected chi connectivity index (χ0v) is 39.2. The van der Waals surface area contributed by atoms with Crippen LogP contribution in [0, 0.1) is 0 Å². The van der Waals surface area contributed by atoms with Crippen molar-refractivity contribution >= 4 is 16.4 Å². The molecular formula is C49H86O12S. The SMILES string of the molecule is CC/C=C\C/C=C\C/C=C\C/C=C\C/C=C\CCOCC(COC1OC(CO)C(O)C(OS(=O)(=O)O)C1O)OC(=O)CCCCCCCCCCCCCCCCCCCCC. The Morgan fingerprint density at radius 3 is 1.53 bits per heavy atom. The Kier molecular flexibility index (Phi) is 37.6. The maximum absolute atomic E-state index is 12.9. The molecule has 1 saturated heterocycles. The summed E-state index contributed by atoms with van der Waals surface area (Å²) in [7, 11) is -5.07. The molecule has 13 heteroatoms. The third kappa shape index (κ3) is 33.3. The van der Waals surface area contributed by atoms with Crippen LogP contribution >= 0.6 is 0 Å². The molecule has 0 aliphatic carbocycles. The summed E-state index contributed by atoms with van der Waals surface area (Å²) in [6.45, 7) is 3.67. The Morgan fingerprint density at radius 1 is 0.629 bits per heavy atom. The summed E-state index contributed by atoms with van der Waals surface area (Å²) in [5, 5.41) is 30.7. The number of unbranched alkanes of at least 4 members (excludes halogenated alkanes) is 18. The minimum Gasteiger partial charge on any atom is -0.457 e. The van der Waals surface area contributed by atoms with E-state index < -0.39 is 59.8 Å². The molecule has 6 unspecified atom stereocenters. The van der Waals surface area contributed by atoms with Crippen LogP contribution in [0.5, 0.6) is 0 Å². The number of aliphatic hydroxyl groups is 3. The lowest BCUT2D eigenvalue weighted by atomic mass is 9.99. The third-order valence-electron chi connectivity index (χ3n) is 10.7. The maximum Gasteiger partial charge on any atom is 0.397 e. The quantitative estimate of drug-likeness (QED) is 0.0198. The van der Waals surface area contributed by atoms with Crippen molar-refractivity contribution in [2.24, 2.45) is 0 Å². The Morgan fingerprint density at radius 2 is 1.08 bits per heavy atom. The van der Waals surface area contributed by atoms with Gasteiger partial charge in [0.05, 0.1) is 26.4 Å². The molecule has 1 aliphatic rings. The summed E-state index contributed by atoms with van der Waals surface area (Å²) in [6, 6.07) is 0. The largest absolute Gasteiger partial charge is 0.457 e. The molecule has 1 aliphatic heterocycles. The molecule has 360 valence electrons. The first kappa shape index (κ1) is 57.8. The van der Waals surface area contributed by atoms with Gasteiger partial charge in [-0.05, 0) is 44.9 Å². The van der Waals surface area contributed by atoms with Crippen molar-refractivity contribution in [2.45, 2.75) is 218 Å². The summed E-state index contributed by atoms with van der Waals surface area (Å²) in [6.07, 6.45) is 41.4. The first-order chi connectivity index (χ1) is 30.1. The Balaban J connectivity index is 2.43. The van der Waals surface area contributed by atoms with E-state index in [1.54, 1.807) is 0 Å². The topological polar surface area (TPSA) is 178 Å². The molecule has 12 nitrogen and oxygen atoms in total. The fourth-order valence-corrected chi connectivity index (χ4v) is 7.60. The summed E-state index contributed by atoms with van der Waals surface area (Å²) < 4.78 is 59.0. The highest BCUT2D eigenvalue weighted by Gasteiger charge is 2.48. The molecule has 0 amide bonds. The van der Waals surface area contributed by atoms with E-state index >= 15 is 0 Å². The molecule has 0 spiro atoms. The van der Waals surface area contributed by atoms with Gasteiger partial charge in [-0.1, -0.05) is 190 Å². The number of rotatable bonds is 41. The van der Waals surface area contributed by atoms with E-state index in [9.17, 15) is 28.5 Å². The molecule has 1 rings (SSSR count). The molecule has 0 radical (unpaired) electrons. The zero-order valence-electron chi connectivity index (χ0n) is 38.4. The van der Waals surface area contributed by atoms with Gasteiger partial charge < -0.3 is 34.3 Å². The molecule has 0 aromatic rings. The summed E-state index contributed by atoms with van der Waals surface area (Å²) >= 11 is 0. The highest BCUT2D eigenvalue weighted by molar-refractivity contribution is 7.80. The fraction of sp³-hybridized carbons (Fsp3) is 0.776. The van der Waals surface area contributed by atoms with Gasteiger partial charge in [0.15, 0.2) is 6.29 Å². The van der Waals surface area contributed by atoms with Gasteiger partial charge in [-0.15, -0.1) is 0 Å². The maximum atomic E-state index is 12.9. The molecule has 1 fully saturated rings. The van der Waals surface area contributed by atoms with Crippen molar-refractivity contribution in [3.05, 3.63) is 60.8 Å². The number of hydrogen-bond donors (Lipinski definition) is 4. The molecule has 62 heavy (non-hydrogen) atoms. The first-order valence-corrected chi connectivity index (χ1v) is 25.4. The molecule has 0 aromatic heterocycles. The average Bonchev–Trinajstić information content (AvgIpc) is 3.24. The standard InChI is InChI=1S/C49H86O12S/c1-3-5-7-9-11-13-15-17-19-21-22-23-24-26-28-30-32-34-36-38-45(51)59-43(42-58-49-47(53)48(61-62(54,55)56)46(52)44(40-50)60-49)41-57-39-37-35-33-31-29-27-25-20-18-16-14-12-10-8-6-4-2/h6,8,12,14,18,20,27,29,33,35,43-44,46-50,52-53H,3-5,7,9-11,13,15-17,19,21-26,28,30-32,34,36-42H2,1-2H3,(H,54,55,56)/b8-6-,14-12-,20-18-,29-27-,35-33-. The number of allylic oxidation sites excluding steroid dienone is 9. The Labute approximate surface area is 376 Å². The van der Waals surface area contributed by atoms with E-state index in [1.807, 2.05) is 6.08 Å². The second-order valence-electron chi connectivity index (χ2n) is 16.3. The van der Waals surface area contributed by atoms with Gasteiger partial charge in [0.2, 0.25) is 0 Å². The molecule has 0 saturated carbocycles. The van der Waals surface area contributed by atoms with Gasteiger partial charge in [-0.25, -0.2) is 4.18 Å². The van der Waals surface area contributed by atoms with Crippen molar-refractivity contribution in [1.29, 1.82) is 0 Å². The molecule has 1 heterocycles. The van der Waals surface area contributed by atoms with Crippen molar-refractivity contribution in [3.63, 3.8) is 0 Å². The van der Waals surface area contributed by atoms with Crippen LogP contribution in [0.2, 0.25) is 0 Å². The predicted molar refractivity (Wildman–Crippen MR) is 248 cm³/mol. The number of aliphatic hydroxyl groups excluding tert-OH is 3. The second-order valence-corrected chi connectivity index (χ2v) is 17.4. The minimum atomic E-state index is -5.07. The fourth-order valence-electron chi connectivity index (χ4n) is 7.09. The van der Waals surface area contributed by atoms with Gasteiger partial charge in [0, 0.05) is 6.42 Å². The van der Waals surface area contributed by atoms with Crippen LogP contribution < -0.4 is 0 Å². The van der Waals surface area contributed by atoms with E-state index in [-0.39, 0.29) is 19.6 Å². The number of carbonyl (C=O) groups excluding carboxylic acids is 1. The van der Waals surface area contributed by atoms with Gasteiger partial charge in [-0.3, -0.25) is 9.35 Å². The number of ether oxygens (including phenoxy) is 4. The monoisotopic (exact) mass is 899 g/mol. The van der Waals surface area contributed by atoms with Gasteiger partial charge >= 0.3 is 16.4 Å². The van der Waals surface area contributed by atoms with Crippen LogP contribution in [0.4, 0.5) is 0 Å². The number of esters is 1. The van der Waals surface area contributed by atoms with E-state index in [2.05, 4.69) is 72.7 Å². The second kappa shape index (κ2) is 40.3. The van der Waals surface area contributed by atoms with Crippen LogP contribution in [0.3, 0.4) is 0 Å². The van der Waals surface area contributed by atoms with Crippen molar-refractivity contribution < 1.29 is 56.2 Å². The van der Waals surface area contributed by atoms with Gasteiger partial charge in [-0.2, -0.15) is 8.42 Å². The number of hydrogen-bond acceptors (Lipinski definition) is 11. The van der Waals surface area contributed by atoms with E-state index in [4.69, 9.17) is 23.5 Å². The molecular weight excluding hydrogens is 813 g/mol. The van der Waals surface area contributed by atoms with Crippen LogP contribution in [0.15, 0.2) is 60.8 Å². The minimum absolute atomic E-state index is 0.0184.